The van der Waals surface area contributed by atoms with Crippen LogP contribution in [-0.2, 0) is 9.53 Å². The monoisotopic (exact) mass is 268 g/mol. The van der Waals surface area contributed by atoms with E-state index in [0.29, 0.717) is 19.7 Å². The van der Waals surface area contributed by atoms with Crippen molar-refractivity contribution in [2.24, 2.45) is 0 Å². The van der Waals surface area contributed by atoms with Crippen molar-refractivity contribution in [1.29, 1.82) is 0 Å². The van der Waals surface area contributed by atoms with Gasteiger partial charge in [-0.2, -0.15) is 0 Å². The first-order valence-electron chi connectivity index (χ1n) is 6.97. The van der Waals surface area contributed by atoms with E-state index in [-0.39, 0.29) is 18.0 Å². The van der Waals surface area contributed by atoms with E-state index in [1.807, 2.05) is 19.9 Å². The Morgan fingerprint density at radius 1 is 1.32 bits per heavy atom. The van der Waals surface area contributed by atoms with Crippen LogP contribution in [0.5, 0.6) is 0 Å². The largest absolute Gasteiger partial charge is 0.450 e. The summed E-state index contributed by atoms with van der Waals surface area (Å²) in [6.07, 6.45) is 4.09. The van der Waals surface area contributed by atoms with Gasteiger partial charge in [0.05, 0.1) is 6.61 Å². The molecule has 0 unspecified atom stereocenters. The first-order valence-corrected chi connectivity index (χ1v) is 6.97. The van der Waals surface area contributed by atoms with E-state index in [9.17, 15) is 9.59 Å². The lowest BCUT2D eigenvalue weighted by Crippen LogP contribution is -2.46. The van der Waals surface area contributed by atoms with Crippen LogP contribution in [-0.4, -0.2) is 42.6 Å². The van der Waals surface area contributed by atoms with Gasteiger partial charge < -0.3 is 15.0 Å². The molecule has 1 fully saturated rings. The molecule has 0 atom stereocenters. The van der Waals surface area contributed by atoms with Crippen molar-refractivity contribution in [2.45, 2.75) is 46.1 Å². The van der Waals surface area contributed by atoms with Gasteiger partial charge in [0.2, 0.25) is 5.91 Å². The molecule has 0 saturated carbocycles. The van der Waals surface area contributed by atoms with Gasteiger partial charge in [-0.25, -0.2) is 4.79 Å². The second-order valence-corrected chi connectivity index (χ2v) is 4.73. The minimum Gasteiger partial charge on any atom is -0.450 e. The van der Waals surface area contributed by atoms with Crippen LogP contribution in [0.2, 0.25) is 0 Å². The van der Waals surface area contributed by atoms with Crippen molar-refractivity contribution in [1.82, 2.24) is 10.2 Å². The third kappa shape index (κ3) is 4.93. The highest BCUT2D eigenvalue weighted by molar-refractivity contribution is 5.92. The molecule has 0 aliphatic carbocycles. The smallest absolute Gasteiger partial charge is 0.409 e. The summed E-state index contributed by atoms with van der Waals surface area (Å²) in [5.41, 5.74) is 0.760. The maximum atomic E-state index is 11.8. The molecule has 5 heteroatoms. The summed E-state index contributed by atoms with van der Waals surface area (Å²) in [7, 11) is 0. The first kappa shape index (κ1) is 15.5. The number of nitrogens with zero attached hydrogens (tertiary/aromatic N) is 1. The summed E-state index contributed by atoms with van der Waals surface area (Å²) in [5.74, 6) is -0.00330. The molecule has 1 aliphatic rings. The zero-order valence-electron chi connectivity index (χ0n) is 12.1. The molecule has 1 rings (SSSR count). The summed E-state index contributed by atoms with van der Waals surface area (Å²) in [6, 6.07) is 0.151. The molecule has 0 aromatic heterocycles. The van der Waals surface area contributed by atoms with E-state index in [4.69, 9.17) is 4.74 Å². The van der Waals surface area contributed by atoms with Crippen LogP contribution in [0.25, 0.3) is 0 Å². The lowest BCUT2D eigenvalue weighted by Gasteiger charge is -2.31. The number of nitrogens with one attached hydrogen (secondary N) is 1. The molecule has 1 N–H and O–H groups in total. The van der Waals surface area contributed by atoms with Gasteiger partial charge in [0.1, 0.15) is 0 Å². The third-order valence-electron chi connectivity index (χ3n) is 3.22. The van der Waals surface area contributed by atoms with E-state index in [1.54, 1.807) is 11.8 Å². The van der Waals surface area contributed by atoms with Crippen LogP contribution in [0.4, 0.5) is 4.79 Å². The number of hydrogen-bond acceptors (Lipinski definition) is 3. The highest BCUT2D eigenvalue weighted by Crippen LogP contribution is 2.12. The Hall–Kier alpha value is -1.52. The Bertz CT molecular complexity index is 345. The van der Waals surface area contributed by atoms with Gasteiger partial charge in [0.15, 0.2) is 0 Å². The highest BCUT2D eigenvalue weighted by Gasteiger charge is 2.24. The average Bonchev–Trinajstić information content (AvgIpc) is 2.40. The van der Waals surface area contributed by atoms with Gasteiger partial charge in [-0.15, -0.1) is 0 Å². The van der Waals surface area contributed by atoms with Crippen LogP contribution in [0, 0.1) is 0 Å². The number of hydrogen-bond donors (Lipinski definition) is 1. The number of rotatable bonds is 4. The fourth-order valence-corrected chi connectivity index (χ4v) is 2.12. The normalized spacial score (nSPS) is 17.2. The first-order chi connectivity index (χ1) is 9.08. The van der Waals surface area contributed by atoms with Crippen molar-refractivity contribution < 1.29 is 14.3 Å². The molecule has 5 nitrogen and oxygen atoms in total. The Labute approximate surface area is 115 Å². The minimum absolute atomic E-state index is 0.00330. The molecule has 1 saturated heterocycles. The van der Waals surface area contributed by atoms with E-state index >= 15 is 0 Å². The van der Waals surface area contributed by atoms with Crippen molar-refractivity contribution in [3.05, 3.63) is 11.6 Å². The van der Waals surface area contributed by atoms with Gasteiger partial charge in [0.25, 0.3) is 0 Å². The fourth-order valence-electron chi connectivity index (χ4n) is 2.12. The van der Waals surface area contributed by atoms with Gasteiger partial charge in [-0.05, 0) is 33.1 Å². The van der Waals surface area contributed by atoms with Crippen LogP contribution in [0.1, 0.15) is 40.0 Å². The van der Waals surface area contributed by atoms with Crippen LogP contribution < -0.4 is 5.32 Å². The Morgan fingerprint density at radius 2 is 1.95 bits per heavy atom. The summed E-state index contributed by atoms with van der Waals surface area (Å²) in [5, 5.41) is 3.01. The zero-order valence-corrected chi connectivity index (χ0v) is 12.1. The fraction of sp³-hybridized carbons (Fsp3) is 0.714. The quantitative estimate of drug-likeness (QED) is 0.794. The molecule has 2 amide bonds. The number of ether oxygens (including phenoxy) is 1. The van der Waals surface area contributed by atoms with Gasteiger partial charge >= 0.3 is 6.09 Å². The molecule has 1 heterocycles. The highest BCUT2D eigenvalue weighted by atomic mass is 16.6. The van der Waals surface area contributed by atoms with Gasteiger partial charge in [0, 0.05) is 24.7 Å². The number of amides is 2. The van der Waals surface area contributed by atoms with Crippen molar-refractivity contribution in [3.8, 4) is 0 Å². The van der Waals surface area contributed by atoms with E-state index in [0.717, 1.165) is 24.8 Å². The van der Waals surface area contributed by atoms with Crippen LogP contribution in [0.15, 0.2) is 11.6 Å². The number of likely N-dealkylation sites (tertiary alicyclic amines) is 1. The maximum Gasteiger partial charge on any atom is 0.409 e. The van der Waals surface area contributed by atoms with E-state index in [1.165, 1.54) is 0 Å². The topological polar surface area (TPSA) is 58.6 Å². The molecular weight excluding hydrogens is 244 g/mol. The van der Waals surface area contributed by atoms with E-state index in [2.05, 4.69) is 5.32 Å². The SMILES string of the molecule is CCC=C(C)C(=O)NC1CCN(C(=O)OCC)CC1. The molecule has 0 radical (unpaired) electrons. The van der Waals surface area contributed by atoms with Crippen molar-refractivity contribution in [3.63, 3.8) is 0 Å². The second kappa shape index (κ2) is 7.81. The van der Waals surface area contributed by atoms with Crippen molar-refractivity contribution >= 4 is 12.0 Å². The molecule has 108 valence electrons. The van der Waals surface area contributed by atoms with Gasteiger partial charge in [-0.3, -0.25) is 4.79 Å². The van der Waals surface area contributed by atoms with Crippen LogP contribution >= 0.6 is 0 Å². The number of allylic oxidation sites excluding steroid dienone is 1. The molecule has 19 heavy (non-hydrogen) atoms. The third-order valence-corrected chi connectivity index (χ3v) is 3.22. The number of piperidine rings is 1. The molecule has 1 aliphatic heterocycles. The summed E-state index contributed by atoms with van der Waals surface area (Å²) < 4.78 is 4.96. The number of carbonyl (C=O) groups excluding carboxylic acids is 2. The van der Waals surface area contributed by atoms with Crippen molar-refractivity contribution in [2.75, 3.05) is 19.7 Å². The number of carbonyl (C=O) groups is 2. The summed E-state index contributed by atoms with van der Waals surface area (Å²) >= 11 is 0. The van der Waals surface area contributed by atoms with Gasteiger partial charge in [-0.1, -0.05) is 13.0 Å². The Kier molecular flexibility index (Phi) is 6.39. The zero-order chi connectivity index (χ0) is 14.3. The second-order valence-electron chi connectivity index (χ2n) is 4.73. The summed E-state index contributed by atoms with van der Waals surface area (Å²) in [6.45, 7) is 7.31. The van der Waals surface area contributed by atoms with E-state index < -0.39 is 0 Å². The average molecular weight is 268 g/mol. The molecule has 0 spiro atoms. The maximum absolute atomic E-state index is 11.8. The molecular formula is C14H24N2O3. The van der Waals surface area contributed by atoms with Crippen LogP contribution in [0.3, 0.4) is 0 Å². The standard InChI is InChI=1S/C14H24N2O3/c1-4-6-11(3)13(17)15-12-7-9-16(10-8-12)14(18)19-5-2/h6,12H,4-5,7-10H2,1-3H3,(H,15,17). The minimum atomic E-state index is -0.255. The predicted octanol–water partition coefficient (Wildman–Crippen LogP) is 2.08. The molecule has 0 bridgehead atoms. The lowest BCUT2D eigenvalue weighted by atomic mass is 10.0. The molecule has 0 aromatic rings. The predicted molar refractivity (Wildman–Crippen MR) is 73.8 cm³/mol. The Balaban J connectivity index is 2.36. The molecule has 0 aromatic carbocycles. The summed E-state index contributed by atoms with van der Waals surface area (Å²) in [4.78, 5) is 25.1. The Morgan fingerprint density at radius 3 is 2.47 bits per heavy atom. The lowest BCUT2D eigenvalue weighted by molar-refractivity contribution is -0.118.